The van der Waals surface area contributed by atoms with E-state index in [1.807, 2.05) is 5.32 Å². The summed E-state index contributed by atoms with van der Waals surface area (Å²) in [5.41, 5.74) is 3.46. The number of hydrogen-bond donors (Lipinski definition) is 5. The number of carboxylic acids is 1. The molecule has 0 saturated heterocycles. The maximum absolute atomic E-state index is 12.6. The van der Waals surface area contributed by atoms with Crippen LogP contribution in [0.4, 0.5) is 10.5 Å². The van der Waals surface area contributed by atoms with Gasteiger partial charge in [0.05, 0.1) is 12.0 Å². The van der Waals surface area contributed by atoms with Crippen molar-refractivity contribution >= 4 is 29.6 Å². The molecule has 0 aliphatic rings. The first-order valence-corrected chi connectivity index (χ1v) is 8.35. The van der Waals surface area contributed by atoms with Crippen molar-refractivity contribution in [1.29, 1.82) is 0 Å². The van der Waals surface area contributed by atoms with Crippen molar-refractivity contribution in [3.63, 3.8) is 0 Å². The van der Waals surface area contributed by atoms with Crippen LogP contribution in [0.2, 0.25) is 0 Å². The number of esters is 1. The van der Waals surface area contributed by atoms with Gasteiger partial charge in [0, 0.05) is 6.07 Å². The van der Waals surface area contributed by atoms with Crippen molar-refractivity contribution in [2.24, 2.45) is 5.73 Å². The van der Waals surface area contributed by atoms with Crippen LogP contribution in [-0.4, -0.2) is 45.9 Å². The van der Waals surface area contributed by atoms with Crippen molar-refractivity contribution in [2.45, 2.75) is 44.9 Å². The first-order valence-electron chi connectivity index (χ1n) is 8.35. The van der Waals surface area contributed by atoms with Gasteiger partial charge in [-0.1, -0.05) is 12.1 Å². The standard InChI is InChI=1S/C17H23N3O9/c1-17(2,3)29-15(24)13(9-6-4-5-7-11(9)20(26)27)28-16(25)19-10(14(22)23)8-12(18)21/h4-7,10,13,20,26H,8H2,1-3H3,(H2,18,21)(H,19,25)(H,22,23)/t10-,13?/m0/s1. The summed E-state index contributed by atoms with van der Waals surface area (Å²) in [5, 5.41) is 30.4. The highest BCUT2D eigenvalue weighted by atomic mass is 16.8. The van der Waals surface area contributed by atoms with Crippen LogP contribution in [0.25, 0.3) is 0 Å². The molecule has 0 bridgehead atoms. The lowest BCUT2D eigenvalue weighted by Gasteiger charge is -2.26. The minimum Gasteiger partial charge on any atom is -0.595 e. The minimum atomic E-state index is -1.80. The normalized spacial score (nSPS) is 14.2. The van der Waals surface area contributed by atoms with E-state index in [1.165, 1.54) is 24.3 Å². The summed E-state index contributed by atoms with van der Waals surface area (Å²) in [5.74, 6) is -3.61. The second kappa shape index (κ2) is 9.82. The highest BCUT2D eigenvalue weighted by Crippen LogP contribution is 2.26. The number of alkyl carbamates (subject to hydrolysis) is 1. The summed E-state index contributed by atoms with van der Waals surface area (Å²) in [4.78, 5) is 46.8. The van der Waals surface area contributed by atoms with Gasteiger partial charge in [0.1, 0.15) is 11.6 Å². The molecule has 12 nitrogen and oxygen atoms in total. The van der Waals surface area contributed by atoms with E-state index in [0.29, 0.717) is 0 Å². The Bertz CT molecular complexity index is 774. The number of nitrogens with two attached hydrogens (primary N) is 1. The lowest BCUT2D eigenvalue weighted by Crippen LogP contribution is -2.99. The summed E-state index contributed by atoms with van der Waals surface area (Å²) in [6.07, 6.45) is -3.90. The molecule has 29 heavy (non-hydrogen) atoms. The maximum Gasteiger partial charge on any atom is 0.409 e. The lowest BCUT2D eigenvalue weighted by molar-refractivity contribution is -0.991. The topological polar surface area (TPSA) is 193 Å². The number of quaternary nitrogens is 1. The third kappa shape index (κ3) is 7.73. The molecule has 1 rings (SSSR count). The van der Waals surface area contributed by atoms with Gasteiger partial charge in [-0.25, -0.2) is 19.6 Å². The van der Waals surface area contributed by atoms with Gasteiger partial charge in [-0.2, -0.15) is 5.23 Å². The second-order valence-corrected chi connectivity index (χ2v) is 6.92. The molecule has 0 spiro atoms. The van der Waals surface area contributed by atoms with Gasteiger partial charge in [0.2, 0.25) is 12.0 Å². The number of aliphatic carboxylic acids is 1. The molecule has 6 N–H and O–H groups in total. The average Bonchev–Trinajstić information content (AvgIpc) is 2.57. The van der Waals surface area contributed by atoms with E-state index < -0.39 is 53.3 Å². The first kappa shape index (κ1) is 23.8. The second-order valence-electron chi connectivity index (χ2n) is 6.92. The summed E-state index contributed by atoms with van der Waals surface area (Å²) in [6.45, 7) is 4.66. The van der Waals surface area contributed by atoms with E-state index in [-0.39, 0.29) is 11.3 Å². The summed E-state index contributed by atoms with van der Waals surface area (Å²) in [6, 6.07) is 3.58. The molecule has 1 aromatic rings. The highest BCUT2D eigenvalue weighted by molar-refractivity contribution is 5.87. The van der Waals surface area contributed by atoms with Crippen LogP contribution in [0.15, 0.2) is 24.3 Å². The van der Waals surface area contributed by atoms with Gasteiger partial charge in [0.25, 0.3) is 0 Å². The minimum absolute atomic E-state index is 0.175. The quantitative estimate of drug-likeness (QED) is 0.276. The van der Waals surface area contributed by atoms with E-state index in [9.17, 15) is 29.6 Å². The Kier molecular flexibility index (Phi) is 8.06. The fourth-order valence-electron chi connectivity index (χ4n) is 2.20. The number of amides is 2. The zero-order valence-electron chi connectivity index (χ0n) is 16.0. The molecule has 0 fully saturated rings. The van der Waals surface area contributed by atoms with E-state index in [0.717, 1.165) is 0 Å². The number of ether oxygens (including phenoxy) is 2. The van der Waals surface area contributed by atoms with Crippen LogP contribution in [0.5, 0.6) is 0 Å². The summed E-state index contributed by atoms with van der Waals surface area (Å²) < 4.78 is 10.2. The van der Waals surface area contributed by atoms with Gasteiger partial charge in [0.15, 0.2) is 5.69 Å². The number of carboxylic acid groups (broad SMARTS) is 1. The van der Waals surface area contributed by atoms with Gasteiger partial charge in [-0.15, -0.1) is 0 Å². The molecule has 0 saturated carbocycles. The largest absolute Gasteiger partial charge is 0.595 e. The van der Waals surface area contributed by atoms with Crippen molar-refractivity contribution in [3.05, 3.63) is 35.0 Å². The molecule has 12 heteroatoms. The first-order chi connectivity index (χ1) is 13.3. The number of nitrogens with one attached hydrogen (secondary N) is 2. The van der Waals surface area contributed by atoms with Crippen LogP contribution in [0.1, 0.15) is 38.9 Å². The van der Waals surface area contributed by atoms with Gasteiger partial charge < -0.3 is 30.8 Å². The molecule has 0 heterocycles. The molecule has 0 aliphatic heterocycles. The molecule has 0 aliphatic carbocycles. The van der Waals surface area contributed by atoms with E-state index in [2.05, 4.69) is 0 Å². The monoisotopic (exact) mass is 413 g/mol. The third-order valence-corrected chi connectivity index (χ3v) is 3.31. The van der Waals surface area contributed by atoms with Crippen LogP contribution in [0, 0.1) is 5.21 Å². The van der Waals surface area contributed by atoms with Crippen LogP contribution in [0.3, 0.4) is 0 Å². The Morgan fingerprint density at radius 2 is 1.83 bits per heavy atom. The predicted octanol–water partition coefficient (Wildman–Crippen LogP) is -0.472. The predicted molar refractivity (Wildman–Crippen MR) is 95.7 cm³/mol. The van der Waals surface area contributed by atoms with Crippen LogP contribution >= 0.6 is 0 Å². The molecular weight excluding hydrogens is 390 g/mol. The number of rotatable bonds is 8. The Morgan fingerprint density at radius 1 is 1.24 bits per heavy atom. The van der Waals surface area contributed by atoms with Gasteiger partial charge >= 0.3 is 18.0 Å². The Hall–Kier alpha value is -3.22. The maximum atomic E-state index is 12.6. The smallest absolute Gasteiger partial charge is 0.409 e. The van der Waals surface area contributed by atoms with Crippen LogP contribution in [-0.2, 0) is 23.9 Å². The molecular formula is C17H23N3O9. The Balaban J connectivity index is 3.19. The van der Waals surface area contributed by atoms with Crippen molar-refractivity contribution < 1.29 is 44.2 Å². The van der Waals surface area contributed by atoms with Crippen LogP contribution < -0.4 is 16.3 Å². The highest BCUT2D eigenvalue weighted by Gasteiger charge is 2.34. The van der Waals surface area contributed by atoms with Gasteiger partial charge in [-0.05, 0) is 26.8 Å². The van der Waals surface area contributed by atoms with E-state index in [4.69, 9.17) is 20.3 Å². The Labute approximate surface area is 165 Å². The molecule has 2 unspecified atom stereocenters. The van der Waals surface area contributed by atoms with Crippen molar-refractivity contribution in [1.82, 2.24) is 5.32 Å². The van der Waals surface area contributed by atoms with E-state index >= 15 is 0 Å². The number of primary amides is 1. The fraction of sp³-hybridized carbons (Fsp3) is 0.412. The molecule has 0 aromatic heterocycles. The fourth-order valence-corrected chi connectivity index (χ4v) is 2.20. The zero-order valence-corrected chi connectivity index (χ0v) is 16.0. The number of carbonyl (C=O) groups is 4. The zero-order chi connectivity index (χ0) is 22.4. The third-order valence-electron chi connectivity index (χ3n) is 3.31. The van der Waals surface area contributed by atoms with E-state index in [1.54, 1.807) is 20.8 Å². The molecule has 1 aromatic carbocycles. The number of benzene rings is 1. The average molecular weight is 413 g/mol. The molecule has 160 valence electrons. The lowest BCUT2D eigenvalue weighted by atomic mass is 10.1. The van der Waals surface area contributed by atoms with Gasteiger partial charge in [-0.3, -0.25) is 4.79 Å². The number of hydrogen-bond acceptors (Lipinski definition) is 8. The molecule has 0 radical (unpaired) electrons. The summed E-state index contributed by atoms with van der Waals surface area (Å²) in [7, 11) is 0. The number of carbonyl (C=O) groups excluding carboxylic acids is 3. The molecule has 3 atom stereocenters. The Morgan fingerprint density at radius 3 is 2.31 bits per heavy atom. The molecule has 2 amide bonds. The number of para-hydroxylation sites is 1. The van der Waals surface area contributed by atoms with Crippen molar-refractivity contribution in [3.8, 4) is 0 Å². The van der Waals surface area contributed by atoms with Crippen molar-refractivity contribution in [2.75, 3.05) is 0 Å². The SMILES string of the molecule is CC(C)(C)OC(=O)C(OC(=O)N[C@@H](CC(N)=O)C(=O)O)c1ccccc1[NH+]([O-])O. The summed E-state index contributed by atoms with van der Waals surface area (Å²) >= 11 is 0.